The lowest BCUT2D eigenvalue weighted by atomic mass is 9.83. The van der Waals surface area contributed by atoms with Crippen LogP contribution in [0.5, 0.6) is 0 Å². The van der Waals surface area contributed by atoms with Gasteiger partial charge >= 0.3 is 0 Å². The number of rotatable bonds is 12. The summed E-state index contributed by atoms with van der Waals surface area (Å²) in [6.07, 6.45) is 7.74. The Kier molecular flexibility index (Phi) is 10.6. The number of amides is 2. The Morgan fingerprint density at radius 1 is 0.911 bits per heavy atom. The number of benzene rings is 4. The molecule has 8 rings (SSSR count). The van der Waals surface area contributed by atoms with E-state index >= 15 is 0 Å². The van der Waals surface area contributed by atoms with Gasteiger partial charge in [-0.1, -0.05) is 101 Å². The number of anilines is 3. The van der Waals surface area contributed by atoms with E-state index in [4.69, 9.17) is 0 Å². The molecule has 5 aromatic rings. The molecule has 3 N–H and O–H groups in total. The number of halogens is 1. The lowest BCUT2D eigenvalue weighted by Gasteiger charge is -2.39. The third-order valence-electron chi connectivity index (χ3n) is 11.6. The first-order valence-electron chi connectivity index (χ1n) is 19.2. The third-order valence-corrected chi connectivity index (χ3v) is 12.1. The van der Waals surface area contributed by atoms with Crippen molar-refractivity contribution in [3.63, 3.8) is 0 Å². The lowest BCUT2D eigenvalue weighted by Crippen LogP contribution is -2.55. The number of carbonyl (C=O) groups is 2. The molecule has 2 fully saturated rings. The molecule has 1 spiro atoms. The molecule has 0 saturated carbocycles. The minimum atomic E-state index is -1.79. The highest BCUT2D eigenvalue weighted by molar-refractivity contribution is 9.10. The standard InChI is InChI=1S/C44H46BrN7O4/c1-31(11-8-9-24-49-28-39(47-48-49)37(29-53)33-13-4-2-5-14-33)44(56)38-26-34(45)18-19-40(38)50(42(44)55)27-32-12-10-17-36(25-32)51-30-52(35-15-6-3-7-16-35)43(41(51)54)20-22-46-23-21-43/h2-8,10-19,25-26,28,31,37,46,53,56H,9,20-24,27,29-30H2,1H3/b11-8+/t31-,37?,44+/m0/s1. The van der Waals surface area contributed by atoms with Gasteiger partial charge in [-0.3, -0.25) is 19.2 Å². The third kappa shape index (κ3) is 6.85. The van der Waals surface area contributed by atoms with Gasteiger partial charge in [-0.15, -0.1) is 5.10 Å². The monoisotopic (exact) mass is 815 g/mol. The van der Waals surface area contributed by atoms with Crippen molar-refractivity contribution in [3.8, 4) is 0 Å². The maximum Gasteiger partial charge on any atom is 0.264 e. The Hall–Kier alpha value is -5.14. The summed E-state index contributed by atoms with van der Waals surface area (Å²) in [5.74, 6) is -1.11. The number of hydrogen-bond acceptors (Lipinski definition) is 8. The Bertz CT molecular complexity index is 2220. The summed E-state index contributed by atoms with van der Waals surface area (Å²) in [7, 11) is 0. The van der Waals surface area contributed by atoms with Crippen LogP contribution in [-0.4, -0.2) is 68.9 Å². The zero-order valence-electron chi connectivity index (χ0n) is 31.3. The van der Waals surface area contributed by atoms with Crippen molar-refractivity contribution in [2.75, 3.05) is 41.1 Å². The number of carbonyl (C=O) groups excluding carboxylic acids is 2. The van der Waals surface area contributed by atoms with Gasteiger partial charge in [0.05, 0.1) is 37.1 Å². The molecule has 0 aliphatic carbocycles. The topological polar surface area (TPSA) is 127 Å². The van der Waals surface area contributed by atoms with Gasteiger partial charge in [0.1, 0.15) is 5.54 Å². The molecule has 12 heteroatoms. The van der Waals surface area contributed by atoms with Crippen molar-refractivity contribution in [2.45, 2.75) is 56.3 Å². The van der Waals surface area contributed by atoms with Gasteiger partial charge in [0, 0.05) is 40.1 Å². The average Bonchev–Trinajstić information content (AvgIpc) is 3.86. The number of aromatic nitrogens is 3. The van der Waals surface area contributed by atoms with Crippen LogP contribution in [0.2, 0.25) is 0 Å². The molecule has 288 valence electrons. The van der Waals surface area contributed by atoms with Gasteiger partial charge in [-0.2, -0.15) is 0 Å². The molecule has 1 unspecified atom stereocenters. The predicted octanol–water partition coefficient (Wildman–Crippen LogP) is 6.11. The van der Waals surface area contributed by atoms with E-state index in [1.54, 1.807) is 9.58 Å². The molecule has 4 aromatic carbocycles. The molecule has 56 heavy (non-hydrogen) atoms. The highest BCUT2D eigenvalue weighted by atomic mass is 79.9. The molecular formula is C44H46BrN7O4. The van der Waals surface area contributed by atoms with E-state index in [1.807, 2.05) is 121 Å². The second-order valence-electron chi connectivity index (χ2n) is 15.0. The van der Waals surface area contributed by atoms with Crippen LogP contribution < -0.4 is 20.0 Å². The summed E-state index contributed by atoms with van der Waals surface area (Å²) >= 11 is 3.56. The molecule has 1 aromatic heterocycles. The van der Waals surface area contributed by atoms with Crippen LogP contribution in [0.4, 0.5) is 17.1 Å². The number of para-hydroxylation sites is 1. The molecule has 2 amide bonds. The molecule has 2 saturated heterocycles. The Morgan fingerprint density at radius 2 is 1.64 bits per heavy atom. The van der Waals surface area contributed by atoms with E-state index in [2.05, 4.69) is 48.6 Å². The van der Waals surface area contributed by atoms with Gasteiger partial charge in [0.2, 0.25) is 0 Å². The summed E-state index contributed by atoms with van der Waals surface area (Å²) in [6.45, 7) is 4.54. The quantitative estimate of drug-likeness (QED) is 0.129. The number of allylic oxidation sites excluding steroid dienone is 1. The van der Waals surface area contributed by atoms with Crippen LogP contribution >= 0.6 is 15.9 Å². The van der Waals surface area contributed by atoms with E-state index in [-0.39, 0.29) is 25.0 Å². The Labute approximate surface area is 335 Å². The largest absolute Gasteiger partial charge is 0.395 e. The number of nitrogens with one attached hydrogen (secondary N) is 1. The first kappa shape index (κ1) is 37.8. The lowest BCUT2D eigenvalue weighted by molar-refractivity contribution is -0.139. The fourth-order valence-electron chi connectivity index (χ4n) is 8.53. The minimum absolute atomic E-state index is 0.0723. The van der Waals surface area contributed by atoms with E-state index in [0.717, 1.165) is 52.9 Å². The predicted molar refractivity (Wildman–Crippen MR) is 220 cm³/mol. The number of nitrogens with zero attached hydrogens (tertiary/aromatic N) is 6. The molecule has 3 atom stereocenters. The summed E-state index contributed by atoms with van der Waals surface area (Å²) in [5.41, 5.74) is 3.11. The average molecular weight is 817 g/mol. The molecule has 3 aliphatic rings. The number of fused-ring (bicyclic) bond motifs is 1. The number of hydrogen-bond donors (Lipinski definition) is 3. The van der Waals surface area contributed by atoms with Gasteiger partial charge in [-0.25, -0.2) is 0 Å². The number of aliphatic hydroxyl groups excluding tert-OH is 1. The second-order valence-corrected chi connectivity index (χ2v) is 15.9. The Balaban J connectivity index is 0.985. The fraction of sp³-hybridized carbons (Fsp3) is 0.318. The van der Waals surface area contributed by atoms with Crippen LogP contribution in [-0.2, 0) is 28.3 Å². The van der Waals surface area contributed by atoms with Crippen molar-refractivity contribution in [1.29, 1.82) is 0 Å². The van der Waals surface area contributed by atoms with E-state index in [0.29, 0.717) is 36.6 Å². The van der Waals surface area contributed by atoms with Crippen molar-refractivity contribution >= 4 is 44.8 Å². The van der Waals surface area contributed by atoms with Crippen molar-refractivity contribution in [1.82, 2.24) is 20.3 Å². The summed E-state index contributed by atoms with van der Waals surface area (Å²) in [6, 6.07) is 33.3. The number of aryl methyl sites for hydroxylation is 1. The van der Waals surface area contributed by atoms with Crippen molar-refractivity contribution in [2.24, 2.45) is 5.92 Å². The summed E-state index contributed by atoms with van der Waals surface area (Å²) < 4.78 is 2.51. The first-order valence-corrected chi connectivity index (χ1v) is 20.0. The maximum atomic E-state index is 14.4. The van der Waals surface area contributed by atoms with E-state index in [9.17, 15) is 19.8 Å². The summed E-state index contributed by atoms with van der Waals surface area (Å²) in [4.78, 5) is 34.5. The number of aliphatic hydroxyl groups is 2. The van der Waals surface area contributed by atoms with Crippen LogP contribution in [0.25, 0.3) is 0 Å². The van der Waals surface area contributed by atoms with Gasteiger partial charge in [-0.05, 0) is 85.9 Å². The van der Waals surface area contributed by atoms with Gasteiger partial charge in [0.15, 0.2) is 5.60 Å². The summed E-state index contributed by atoms with van der Waals surface area (Å²) in [5, 5.41) is 34.4. The van der Waals surface area contributed by atoms with E-state index < -0.39 is 23.0 Å². The smallest absolute Gasteiger partial charge is 0.264 e. The molecule has 0 radical (unpaired) electrons. The molecule has 11 nitrogen and oxygen atoms in total. The SMILES string of the molecule is C[C@@H](/C=C/CCn1cc(C(CO)c2ccccc2)nn1)[C@]1(O)C(=O)N(Cc2cccc(N3CN(c4ccccc4)C4(CCNCC4)C3=O)c2)c2ccc(Br)cc21. The molecule has 0 bridgehead atoms. The first-order chi connectivity index (χ1) is 27.2. The normalized spacial score (nSPS) is 20.3. The zero-order chi connectivity index (χ0) is 38.9. The van der Waals surface area contributed by atoms with Gasteiger partial charge in [0.25, 0.3) is 11.8 Å². The minimum Gasteiger partial charge on any atom is -0.395 e. The Morgan fingerprint density at radius 3 is 2.39 bits per heavy atom. The van der Waals surface area contributed by atoms with Crippen LogP contribution in [0, 0.1) is 5.92 Å². The van der Waals surface area contributed by atoms with Crippen molar-refractivity contribution in [3.05, 3.63) is 148 Å². The molecule has 4 heterocycles. The number of piperidine rings is 1. The fourth-order valence-corrected chi connectivity index (χ4v) is 8.89. The molecular weight excluding hydrogens is 770 g/mol. The van der Waals surface area contributed by atoms with Crippen molar-refractivity contribution < 1.29 is 19.8 Å². The maximum absolute atomic E-state index is 14.4. The second kappa shape index (κ2) is 15.8. The van der Waals surface area contributed by atoms with Crippen LogP contribution in [0.15, 0.2) is 126 Å². The van der Waals surface area contributed by atoms with Crippen LogP contribution in [0.1, 0.15) is 54.5 Å². The van der Waals surface area contributed by atoms with Crippen LogP contribution in [0.3, 0.4) is 0 Å². The molecule has 3 aliphatic heterocycles. The van der Waals surface area contributed by atoms with E-state index in [1.165, 1.54) is 0 Å². The highest BCUT2D eigenvalue weighted by Crippen LogP contribution is 2.47. The van der Waals surface area contributed by atoms with Gasteiger partial charge < -0.3 is 25.3 Å². The highest BCUT2D eigenvalue weighted by Gasteiger charge is 2.54. The zero-order valence-corrected chi connectivity index (χ0v) is 32.9.